The molecule has 0 bridgehead atoms. The average molecular weight is 407 g/mol. The maximum atomic E-state index is 12.2. The summed E-state index contributed by atoms with van der Waals surface area (Å²) >= 11 is 0. The van der Waals surface area contributed by atoms with Crippen LogP contribution in [0.5, 0.6) is 11.5 Å². The molecule has 156 valence electrons. The van der Waals surface area contributed by atoms with E-state index in [1.165, 1.54) is 0 Å². The van der Waals surface area contributed by atoms with Gasteiger partial charge in [0, 0.05) is 31.5 Å². The Morgan fingerprint density at radius 3 is 2.33 bits per heavy atom. The summed E-state index contributed by atoms with van der Waals surface area (Å²) in [7, 11) is 5.42. The number of hydrogen-bond acceptors (Lipinski definition) is 7. The van der Waals surface area contributed by atoms with Gasteiger partial charge in [0.15, 0.2) is 18.1 Å². The van der Waals surface area contributed by atoms with E-state index in [4.69, 9.17) is 9.47 Å². The summed E-state index contributed by atoms with van der Waals surface area (Å²) in [4.78, 5) is 22.9. The number of carbonyl (C=O) groups excluding carboxylic acids is 1. The Hall–Kier alpha value is -3.81. The van der Waals surface area contributed by atoms with E-state index in [1.54, 1.807) is 19.2 Å². The van der Waals surface area contributed by atoms with Crippen LogP contribution in [0.1, 0.15) is 5.82 Å². The lowest BCUT2D eigenvalue weighted by atomic mass is 10.2. The fourth-order valence-corrected chi connectivity index (χ4v) is 2.71. The summed E-state index contributed by atoms with van der Waals surface area (Å²) in [5.74, 6) is 3.05. The van der Waals surface area contributed by atoms with Crippen molar-refractivity contribution < 1.29 is 14.3 Å². The van der Waals surface area contributed by atoms with E-state index in [9.17, 15) is 4.79 Å². The predicted molar refractivity (Wildman–Crippen MR) is 118 cm³/mol. The summed E-state index contributed by atoms with van der Waals surface area (Å²) in [5.41, 5.74) is 1.52. The summed E-state index contributed by atoms with van der Waals surface area (Å²) in [5, 5.41) is 6.06. The monoisotopic (exact) mass is 407 g/mol. The van der Waals surface area contributed by atoms with Crippen LogP contribution in [0.25, 0.3) is 0 Å². The minimum Gasteiger partial charge on any atom is -0.493 e. The van der Waals surface area contributed by atoms with Crippen LogP contribution in [0, 0.1) is 6.92 Å². The minimum absolute atomic E-state index is 0.117. The van der Waals surface area contributed by atoms with E-state index in [1.807, 2.05) is 68.4 Å². The first kappa shape index (κ1) is 20.9. The van der Waals surface area contributed by atoms with Crippen LogP contribution in [0.15, 0.2) is 54.6 Å². The van der Waals surface area contributed by atoms with Crippen LogP contribution >= 0.6 is 0 Å². The number of amides is 1. The second kappa shape index (κ2) is 9.60. The molecule has 0 spiro atoms. The van der Waals surface area contributed by atoms with Gasteiger partial charge < -0.3 is 25.0 Å². The summed E-state index contributed by atoms with van der Waals surface area (Å²) in [6, 6.07) is 16.4. The van der Waals surface area contributed by atoms with Crippen LogP contribution in [-0.2, 0) is 4.79 Å². The van der Waals surface area contributed by atoms with Crippen molar-refractivity contribution in [2.45, 2.75) is 6.92 Å². The zero-order valence-electron chi connectivity index (χ0n) is 17.5. The average Bonchev–Trinajstić information content (AvgIpc) is 2.73. The highest BCUT2D eigenvalue weighted by Gasteiger charge is 2.08. The molecule has 0 saturated heterocycles. The molecule has 8 heteroatoms. The van der Waals surface area contributed by atoms with E-state index < -0.39 is 0 Å². The highest BCUT2D eigenvalue weighted by Crippen LogP contribution is 2.25. The number of benzene rings is 2. The SMILES string of the molecule is COc1ccccc1OCC(=O)Nc1ccc(Nc2cc(N(C)C)nc(C)n2)cc1. The Morgan fingerprint density at radius 1 is 1.00 bits per heavy atom. The molecule has 3 aromatic rings. The number of nitrogens with zero attached hydrogens (tertiary/aromatic N) is 3. The van der Waals surface area contributed by atoms with Crippen LogP contribution < -0.4 is 25.0 Å². The number of ether oxygens (including phenoxy) is 2. The van der Waals surface area contributed by atoms with Crippen molar-refractivity contribution in [1.29, 1.82) is 0 Å². The van der Waals surface area contributed by atoms with Crippen LogP contribution in [-0.4, -0.2) is 43.7 Å². The second-order valence-electron chi connectivity index (χ2n) is 6.74. The maximum absolute atomic E-state index is 12.2. The smallest absolute Gasteiger partial charge is 0.262 e. The van der Waals surface area contributed by atoms with Gasteiger partial charge in [0.2, 0.25) is 0 Å². The molecule has 3 rings (SSSR count). The van der Waals surface area contributed by atoms with Crippen LogP contribution in [0.2, 0.25) is 0 Å². The first-order valence-electron chi connectivity index (χ1n) is 9.40. The Morgan fingerprint density at radius 2 is 1.67 bits per heavy atom. The highest BCUT2D eigenvalue weighted by atomic mass is 16.5. The fraction of sp³-hybridized carbons (Fsp3) is 0.227. The van der Waals surface area contributed by atoms with Gasteiger partial charge in [-0.3, -0.25) is 4.79 Å². The lowest BCUT2D eigenvalue weighted by molar-refractivity contribution is -0.118. The van der Waals surface area contributed by atoms with Crippen molar-refractivity contribution in [3.05, 3.63) is 60.4 Å². The third-order valence-corrected chi connectivity index (χ3v) is 4.15. The Bertz CT molecular complexity index is 1010. The lowest BCUT2D eigenvalue weighted by Gasteiger charge is -2.14. The van der Waals surface area contributed by atoms with Crippen molar-refractivity contribution in [3.63, 3.8) is 0 Å². The predicted octanol–water partition coefficient (Wildman–Crippen LogP) is 3.62. The van der Waals surface area contributed by atoms with E-state index >= 15 is 0 Å². The quantitative estimate of drug-likeness (QED) is 0.589. The van der Waals surface area contributed by atoms with Gasteiger partial charge in [0.05, 0.1) is 7.11 Å². The topological polar surface area (TPSA) is 88.6 Å². The molecular weight excluding hydrogens is 382 g/mol. The maximum Gasteiger partial charge on any atom is 0.262 e. The van der Waals surface area contributed by atoms with Crippen LogP contribution in [0.3, 0.4) is 0 Å². The summed E-state index contributed by atoms with van der Waals surface area (Å²) < 4.78 is 10.7. The van der Waals surface area contributed by atoms with Gasteiger partial charge in [-0.05, 0) is 43.3 Å². The second-order valence-corrected chi connectivity index (χ2v) is 6.74. The van der Waals surface area contributed by atoms with E-state index in [0.717, 1.165) is 11.5 Å². The third kappa shape index (κ3) is 5.60. The van der Waals surface area contributed by atoms with Crippen molar-refractivity contribution >= 4 is 28.9 Å². The minimum atomic E-state index is -0.260. The first-order chi connectivity index (χ1) is 14.4. The molecule has 0 radical (unpaired) electrons. The Labute approximate surface area is 175 Å². The largest absolute Gasteiger partial charge is 0.493 e. The number of carbonyl (C=O) groups is 1. The number of aryl methyl sites for hydroxylation is 1. The molecule has 0 aliphatic rings. The van der Waals surface area contributed by atoms with Crippen molar-refractivity contribution in [2.75, 3.05) is 43.3 Å². The fourth-order valence-electron chi connectivity index (χ4n) is 2.71. The van der Waals surface area contributed by atoms with Gasteiger partial charge in [0.25, 0.3) is 5.91 Å². The van der Waals surface area contributed by atoms with E-state index in [0.29, 0.717) is 28.8 Å². The molecule has 0 saturated carbocycles. The molecule has 0 aliphatic carbocycles. The first-order valence-corrected chi connectivity index (χ1v) is 9.40. The molecular formula is C22H25N5O3. The standard InChI is InChI=1S/C22H25N5O3/c1-15-23-20(13-21(24-15)27(2)3)25-16-9-11-17(12-10-16)26-22(28)14-30-19-8-6-5-7-18(19)29-4/h5-13H,14H2,1-4H3,(H,26,28)(H,23,24,25). The molecule has 2 aromatic carbocycles. The lowest BCUT2D eigenvalue weighted by Crippen LogP contribution is -2.20. The van der Waals surface area contributed by atoms with E-state index in [-0.39, 0.29) is 12.5 Å². The Balaban J connectivity index is 1.57. The van der Waals surface area contributed by atoms with Gasteiger partial charge >= 0.3 is 0 Å². The molecule has 2 N–H and O–H groups in total. The summed E-state index contributed by atoms with van der Waals surface area (Å²) in [6.45, 7) is 1.73. The van der Waals surface area contributed by atoms with Crippen molar-refractivity contribution in [1.82, 2.24) is 9.97 Å². The van der Waals surface area contributed by atoms with Crippen LogP contribution in [0.4, 0.5) is 23.0 Å². The molecule has 0 fully saturated rings. The number of para-hydroxylation sites is 2. The van der Waals surface area contributed by atoms with Crippen molar-refractivity contribution in [2.24, 2.45) is 0 Å². The third-order valence-electron chi connectivity index (χ3n) is 4.15. The van der Waals surface area contributed by atoms with Crippen molar-refractivity contribution in [3.8, 4) is 11.5 Å². The van der Waals surface area contributed by atoms with E-state index in [2.05, 4.69) is 20.6 Å². The number of rotatable bonds is 8. The van der Waals surface area contributed by atoms with Gasteiger partial charge in [-0.15, -0.1) is 0 Å². The van der Waals surface area contributed by atoms with Gasteiger partial charge in [-0.25, -0.2) is 9.97 Å². The van der Waals surface area contributed by atoms with Gasteiger partial charge in [0.1, 0.15) is 17.5 Å². The molecule has 8 nitrogen and oxygen atoms in total. The van der Waals surface area contributed by atoms with Gasteiger partial charge in [-0.1, -0.05) is 12.1 Å². The zero-order chi connectivity index (χ0) is 21.5. The zero-order valence-corrected chi connectivity index (χ0v) is 17.5. The molecule has 0 unspecified atom stereocenters. The van der Waals surface area contributed by atoms with Gasteiger partial charge in [-0.2, -0.15) is 0 Å². The molecule has 1 aromatic heterocycles. The number of aromatic nitrogens is 2. The molecule has 1 amide bonds. The highest BCUT2D eigenvalue weighted by molar-refractivity contribution is 5.92. The summed E-state index contributed by atoms with van der Waals surface area (Å²) in [6.07, 6.45) is 0. The normalized spacial score (nSPS) is 10.3. The number of methoxy groups -OCH3 is 1. The molecule has 0 aliphatic heterocycles. The Kier molecular flexibility index (Phi) is 6.69. The number of anilines is 4. The molecule has 0 atom stereocenters. The number of nitrogens with one attached hydrogen (secondary N) is 2. The molecule has 30 heavy (non-hydrogen) atoms. The molecule has 1 heterocycles. The number of hydrogen-bond donors (Lipinski definition) is 2.